The minimum Gasteiger partial charge on any atom is -0.334 e. The number of para-hydroxylation sites is 2. The van der Waals surface area contributed by atoms with Gasteiger partial charge in [0.05, 0.1) is 16.9 Å². The summed E-state index contributed by atoms with van der Waals surface area (Å²) in [7, 11) is 1.76. The molecule has 0 amide bonds. The number of hydrogen-bond acceptors (Lipinski definition) is 4. The first-order chi connectivity index (χ1) is 12.2. The zero-order valence-electron chi connectivity index (χ0n) is 14.0. The molecule has 0 radical (unpaired) electrons. The molecule has 0 unspecified atom stereocenters. The van der Waals surface area contributed by atoms with Crippen LogP contribution in [0.1, 0.15) is 5.69 Å². The number of rotatable bonds is 3. The van der Waals surface area contributed by atoms with E-state index < -0.39 is 0 Å². The highest BCUT2D eigenvalue weighted by Crippen LogP contribution is 2.24. The number of anilines is 2. The van der Waals surface area contributed by atoms with E-state index in [4.69, 9.17) is 0 Å². The lowest BCUT2D eigenvalue weighted by molar-refractivity contribution is 0.629. The molecular formula is C19H17N5O. The van der Waals surface area contributed by atoms with Crippen LogP contribution in [0.4, 0.5) is 11.5 Å². The molecule has 1 N–H and O–H groups in total. The van der Waals surface area contributed by atoms with Gasteiger partial charge in [-0.1, -0.05) is 30.3 Å². The summed E-state index contributed by atoms with van der Waals surface area (Å²) in [5, 5.41) is 4.08. The van der Waals surface area contributed by atoms with E-state index in [-0.39, 0.29) is 5.56 Å². The first-order valence-corrected chi connectivity index (χ1v) is 7.97. The van der Waals surface area contributed by atoms with Gasteiger partial charge in [0, 0.05) is 12.4 Å². The Balaban J connectivity index is 1.86. The van der Waals surface area contributed by atoms with Crippen molar-refractivity contribution >= 4 is 22.4 Å². The van der Waals surface area contributed by atoms with Crippen molar-refractivity contribution < 1.29 is 0 Å². The molecular weight excluding hydrogens is 314 g/mol. The van der Waals surface area contributed by atoms with Crippen molar-refractivity contribution in [1.82, 2.24) is 19.3 Å². The summed E-state index contributed by atoms with van der Waals surface area (Å²) in [5.41, 5.74) is 2.98. The maximum Gasteiger partial charge on any atom is 0.290 e. The maximum absolute atomic E-state index is 12.8. The highest BCUT2D eigenvalue weighted by atomic mass is 16.1. The molecule has 4 rings (SSSR count). The second-order valence-corrected chi connectivity index (χ2v) is 5.80. The van der Waals surface area contributed by atoms with Crippen molar-refractivity contribution in [2.45, 2.75) is 6.92 Å². The highest BCUT2D eigenvalue weighted by Gasteiger charge is 2.17. The minimum absolute atomic E-state index is 0.107. The van der Waals surface area contributed by atoms with Gasteiger partial charge in [-0.15, -0.1) is 0 Å². The van der Waals surface area contributed by atoms with Gasteiger partial charge in [0.2, 0.25) is 0 Å². The van der Waals surface area contributed by atoms with E-state index in [1.807, 2.05) is 66.2 Å². The van der Waals surface area contributed by atoms with Crippen LogP contribution in [-0.2, 0) is 7.05 Å². The fourth-order valence-corrected chi connectivity index (χ4v) is 3.04. The molecule has 2 aromatic heterocycles. The van der Waals surface area contributed by atoms with Gasteiger partial charge >= 0.3 is 0 Å². The van der Waals surface area contributed by atoms with Crippen LogP contribution in [-0.4, -0.2) is 19.3 Å². The molecule has 4 aromatic rings. The smallest absolute Gasteiger partial charge is 0.290 e. The zero-order valence-corrected chi connectivity index (χ0v) is 14.0. The van der Waals surface area contributed by atoms with Crippen molar-refractivity contribution in [2.24, 2.45) is 7.05 Å². The SMILES string of the molecule is Cc1c(Nc2ncnc3ccccc23)c(=O)n(C)n1-c1ccccc1. The van der Waals surface area contributed by atoms with Crippen LogP contribution in [0.3, 0.4) is 0 Å². The molecule has 0 bridgehead atoms. The molecule has 124 valence electrons. The van der Waals surface area contributed by atoms with Gasteiger partial charge in [-0.3, -0.25) is 9.48 Å². The molecule has 0 atom stereocenters. The third-order valence-electron chi connectivity index (χ3n) is 4.27. The lowest BCUT2D eigenvalue weighted by Crippen LogP contribution is -2.19. The third-order valence-corrected chi connectivity index (χ3v) is 4.27. The van der Waals surface area contributed by atoms with Gasteiger partial charge in [-0.2, -0.15) is 0 Å². The van der Waals surface area contributed by atoms with E-state index in [0.717, 1.165) is 22.3 Å². The first kappa shape index (κ1) is 15.1. The molecule has 0 aliphatic carbocycles. The number of benzene rings is 2. The average molecular weight is 331 g/mol. The molecule has 25 heavy (non-hydrogen) atoms. The zero-order chi connectivity index (χ0) is 17.4. The van der Waals surface area contributed by atoms with E-state index >= 15 is 0 Å². The van der Waals surface area contributed by atoms with Crippen molar-refractivity contribution in [3.63, 3.8) is 0 Å². The van der Waals surface area contributed by atoms with E-state index in [0.29, 0.717) is 11.5 Å². The van der Waals surface area contributed by atoms with Gasteiger partial charge in [-0.05, 0) is 31.2 Å². The maximum atomic E-state index is 12.8. The van der Waals surface area contributed by atoms with Crippen molar-refractivity contribution in [2.75, 3.05) is 5.32 Å². The molecule has 6 nitrogen and oxygen atoms in total. The van der Waals surface area contributed by atoms with E-state index in [9.17, 15) is 4.79 Å². The van der Waals surface area contributed by atoms with Crippen LogP contribution in [0.25, 0.3) is 16.6 Å². The van der Waals surface area contributed by atoms with Gasteiger partial charge in [-0.25, -0.2) is 14.6 Å². The number of nitrogens with zero attached hydrogens (tertiary/aromatic N) is 4. The molecule has 0 spiro atoms. The fraction of sp³-hybridized carbons (Fsp3) is 0.105. The predicted octanol–water partition coefficient (Wildman–Crippen LogP) is 3.17. The van der Waals surface area contributed by atoms with Crippen LogP contribution in [0, 0.1) is 6.92 Å². The Kier molecular flexibility index (Phi) is 3.57. The van der Waals surface area contributed by atoms with Gasteiger partial charge in [0.15, 0.2) is 0 Å². The lowest BCUT2D eigenvalue weighted by atomic mass is 10.2. The molecule has 6 heteroatoms. The quantitative estimate of drug-likeness (QED) is 0.626. The van der Waals surface area contributed by atoms with Gasteiger partial charge < -0.3 is 5.32 Å². The van der Waals surface area contributed by atoms with Crippen LogP contribution >= 0.6 is 0 Å². The molecule has 2 aromatic carbocycles. The Morgan fingerprint density at radius 1 is 0.960 bits per heavy atom. The van der Waals surface area contributed by atoms with Crippen LogP contribution in [0.5, 0.6) is 0 Å². The van der Waals surface area contributed by atoms with Crippen molar-refractivity contribution in [1.29, 1.82) is 0 Å². The molecule has 0 fully saturated rings. The van der Waals surface area contributed by atoms with E-state index in [1.165, 1.54) is 6.33 Å². The Hall–Kier alpha value is -3.41. The lowest BCUT2D eigenvalue weighted by Gasteiger charge is -2.10. The highest BCUT2D eigenvalue weighted by molar-refractivity contribution is 5.90. The molecule has 2 heterocycles. The average Bonchev–Trinajstić information content (AvgIpc) is 2.86. The number of nitrogens with one attached hydrogen (secondary N) is 1. The predicted molar refractivity (Wildman–Crippen MR) is 98.6 cm³/mol. The summed E-state index contributed by atoms with van der Waals surface area (Å²) in [5.74, 6) is 0.622. The Labute approximate surface area is 144 Å². The largest absolute Gasteiger partial charge is 0.334 e. The second-order valence-electron chi connectivity index (χ2n) is 5.80. The number of aromatic nitrogens is 4. The summed E-state index contributed by atoms with van der Waals surface area (Å²) in [6.45, 7) is 1.92. The molecule has 0 aliphatic rings. The summed E-state index contributed by atoms with van der Waals surface area (Å²) >= 11 is 0. The number of hydrogen-bond donors (Lipinski definition) is 1. The van der Waals surface area contributed by atoms with Crippen molar-refractivity contribution in [3.05, 3.63) is 77.0 Å². The van der Waals surface area contributed by atoms with Crippen molar-refractivity contribution in [3.8, 4) is 5.69 Å². The summed E-state index contributed by atoms with van der Waals surface area (Å²) < 4.78 is 3.48. The summed E-state index contributed by atoms with van der Waals surface area (Å²) in [4.78, 5) is 21.3. The van der Waals surface area contributed by atoms with Crippen LogP contribution in [0.2, 0.25) is 0 Å². The van der Waals surface area contributed by atoms with Crippen LogP contribution in [0.15, 0.2) is 65.7 Å². The second kappa shape index (κ2) is 5.90. The molecule has 0 saturated carbocycles. The number of fused-ring (bicyclic) bond motifs is 1. The molecule has 0 aliphatic heterocycles. The van der Waals surface area contributed by atoms with Gasteiger partial charge in [0.25, 0.3) is 5.56 Å². The van der Waals surface area contributed by atoms with Gasteiger partial charge in [0.1, 0.15) is 17.8 Å². The first-order valence-electron chi connectivity index (χ1n) is 7.97. The van der Waals surface area contributed by atoms with E-state index in [2.05, 4.69) is 15.3 Å². The van der Waals surface area contributed by atoms with E-state index in [1.54, 1.807) is 11.7 Å². The summed E-state index contributed by atoms with van der Waals surface area (Å²) in [6, 6.07) is 17.5. The normalized spacial score (nSPS) is 11.0. The Morgan fingerprint density at radius 2 is 1.68 bits per heavy atom. The summed E-state index contributed by atoms with van der Waals surface area (Å²) in [6.07, 6.45) is 1.50. The Morgan fingerprint density at radius 3 is 2.48 bits per heavy atom. The topological polar surface area (TPSA) is 64.7 Å². The Bertz CT molecular complexity index is 1110. The molecule has 0 saturated heterocycles. The minimum atomic E-state index is -0.107. The fourth-order valence-electron chi connectivity index (χ4n) is 3.04. The van der Waals surface area contributed by atoms with Crippen LogP contribution < -0.4 is 10.9 Å². The monoisotopic (exact) mass is 331 g/mol. The standard InChI is InChI=1S/C19H17N5O/c1-13-17(19(25)23(2)24(13)14-8-4-3-5-9-14)22-18-15-10-6-7-11-16(15)20-12-21-18/h3-12H,1-2H3,(H,20,21,22). The third kappa shape index (κ3) is 2.48.